The molecule has 0 fully saturated rings. The zero-order valence-electron chi connectivity index (χ0n) is 8.60. The highest BCUT2D eigenvalue weighted by Crippen LogP contribution is 2.15. The lowest BCUT2D eigenvalue weighted by molar-refractivity contribution is -0.118. The zero-order valence-corrected chi connectivity index (χ0v) is 8.60. The van der Waals surface area contributed by atoms with Crippen molar-refractivity contribution in [1.82, 2.24) is 0 Å². The van der Waals surface area contributed by atoms with Gasteiger partial charge in [0.05, 0.1) is 0 Å². The first-order valence-corrected chi connectivity index (χ1v) is 4.67. The van der Waals surface area contributed by atoms with Gasteiger partial charge in [-0.2, -0.15) is 0 Å². The Labute approximate surface area is 84.5 Å². The van der Waals surface area contributed by atoms with E-state index in [-0.39, 0.29) is 11.9 Å². The van der Waals surface area contributed by atoms with Crippen LogP contribution in [0.3, 0.4) is 0 Å². The van der Waals surface area contributed by atoms with Crippen LogP contribution in [-0.2, 0) is 4.79 Å². The van der Waals surface area contributed by atoms with E-state index in [1.807, 2.05) is 49.2 Å². The van der Waals surface area contributed by atoms with Gasteiger partial charge in [-0.3, -0.25) is 4.79 Å². The molecule has 1 rings (SSSR count). The van der Waals surface area contributed by atoms with Crippen molar-refractivity contribution in [2.24, 2.45) is 5.73 Å². The summed E-state index contributed by atoms with van der Waals surface area (Å²) in [6, 6.07) is 10.1. The SMILES string of the molecule is CC(CC(N)=O)N(C)c1ccccc1. The van der Waals surface area contributed by atoms with Crippen LogP contribution >= 0.6 is 0 Å². The first kappa shape index (κ1) is 10.6. The number of hydrogen-bond donors (Lipinski definition) is 1. The van der Waals surface area contributed by atoms with Crippen molar-refractivity contribution in [3.8, 4) is 0 Å². The molecule has 0 heterocycles. The fraction of sp³-hybridized carbons (Fsp3) is 0.364. The third-order valence-electron chi connectivity index (χ3n) is 2.32. The fourth-order valence-electron chi connectivity index (χ4n) is 1.35. The summed E-state index contributed by atoms with van der Waals surface area (Å²) >= 11 is 0. The molecule has 0 saturated heterocycles. The average Bonchev–Trinajstić information content (AvgIpc) is 2.17. The lowest BCUT2D eigenvalue weighted by Crippen LogP contribution is -2.32. The molecule has 0 saturated carbocycles. The molecule has 0 radical (unpaired) electrons. The molecule has 0 bridgehead atoms. The molecule has 0 aromatic heterocycles. The van der Waals surface area contributed by atoms with E-state index < -0.39 is 0 Å². The van der Waals surface area contributed by atoms with Gasteiger partial charge in [0, 0.05) is 25.2 Å². The molecule has 1 atom stereocenters. The largest absolute Gasteiger partial charge is 0.371 e. The smallest absolute Gasteiger partial charge is 0.219 e. The Morgan fingerprint density at radius 3 is 2.50 bits per heavy atom. The van der Waals surface area contributed by atoms with Gasteiger partial charge in [-0.25, -0.2) is 0 Å². The van der Waals surface area contributed by atoms with Gasteiger partial charge in [0.25, 0.3) is 0 Å². The maximum atomic E-state index is 10.7. The van der Waals surface area contributed by atoms with Crippen molar-refractivity contribution < 1.29 is 4.79 Å². The molecular weight excluding hydrogens is 176 g/mol. The van der Waals surface area contributed by atoms with E-state index in [1.165, 1.54) is 0 Å². The number of rotatable bonds is 4. The molecule has 76 valence electrons. The van der Waals surface area contributed by atoms with Crippen LogP contribution in [0.25, 0.3) is 0 Å². The van der Waals surface area contributed by atoms with Crippen molar-refractivity contribution in [3.63, 3.8) is 0 Å². The second kappa shape index (κ2) is 4.65. The van der Waals surface area contributed by atoms with Crippen molar-refractivity contribution in [2.45, 2.75) is 19.4 Å². The van der Waals surface area contributed by atoms with Gasteiger partial charge < -0.3 is 10.6 Å². The topological polar surface area (TPSA) is 46.3 Å². The summed E-state index contributed by atoms with van der Waals surface area (Å²) in [4.78, 5) is 12.8. The minimum Gasteiger partial charge on any atom is -0.371 e. The molecule has 1 amide bonds. The van der Waals surface area contributed by atoms with Crippen LogP contribution in [0.2, 0.25) is 0 Å². The number of benzene rings is 1. The summed E-state index contributed by atoms with van der Waals surface area (Å²) in [6.07, 6.45) is 0.380. The average molecular weight is 192 g/mol. The molecule has 3 nitrogen and oxygen atoms in total. The summed E-state index contributed by atoms with van der Waals surface area (Å²) in [5, 5.41) is 0. The van der Waals surface area contributed by atoms with Gasteiger partial charge in [0.15, 0.2) is 0 Å². The molecule has 3 heteroatoms. The highest BCUT2D eigenvalue weighted by atomic mass is 16.1. The standard InChI is InChI=1S/C11H16N2O/c1-9(8-11(12)14)13(2)10-6-4-3-5-7-10/h3-7,9H,8H2,1-2H3,(H2,12,14). The Kier molecular flexibility index (Phi) is 3.51. The summed E-state index contributed by atoms with van der Waals surface area (Å²) < 4.78 is 0. The van der Waals surface area contributed by atoms with E-state index >= 15 is 0 Å². The third kappa shape index (κ3) is 2.76. The lowest BCUT2D eigenvalue weighted by Gasteiger charge is -2.25. The Bertz CT molecular complexity index is 297. The second-order valence-electron chi connectivity index (χ2n) is 3.47. The Balaban J connectivity index is 2.65. The first-order valence-electron chi connectivity index (χ1n) is 4.67. The second-order valence-corrected chi connectivity index (χ2v) is 3.47. The van der Waals surface area contributed by atoms with E-state index in [1.54, 1.807) is 0 Å². The molecule has 0 aliphatic rings. The quantitative estimate of drug-likeness (QED) is 0.783. The molecule has 0 aliphatic carbocycles. The Hall–Kier alpha value is -1.51. The van der Waals surface area contributed by atoms with E-state index in [0.29, 0.717) is 6.42 Å². The number of carbonyl (C=O) groups excluding carboxylic acids is 1. The number of hydrogen-bond acceptors (Lipinski definition) is 2. The number of anilines is 1. The highest BCUT2D eigenvalue weighted by molar-refractivity contribution is 5.75. The summed E-state index contributed by atoms with van der Waals surface area (Å²) in [6.45, 7) is 1.98. The monoisotopic (exact) mass is 192 g/mol. The van der Waals surface area contributed by atoms with Crippen LogP contribution in [-0.4, -0.2) is 19.0 Å². The van der Waals surface area contributed by atoms with Gasteiger partial charge in [-0.15, -0.1) is 0 Å². The lowest BCUT2D eigenvalue weighted by atomic mass is 10.2. The van der Waals surface area contributed by atoms with Crippen LogP contribution in [0.15, 0.2) is 30.3 Å². The maximum Gasteiger partial charge on any atom is 0.219 e. The molecule has 2 N–H and O–H groups in total. The number of nitrogens with two attached hydrogens (primary N) is 1. The van der Waals surface area contributed by atoms with Crippen LogP contribution < -0.4 is 10.6 Å². The highest BCUT2D eigenvalue weighted by Gasteiger charge is 2.11. The molecule has 1 aromatic carbocycles. The molecule has 1 unspecified atom stereocenters. The molecule has 0 spiro atoms. The number of primary amides is 1. The molecule has 1 aromatic rings. The number of amides is 1. The minimum atomic E-state index is -0.264. The van der Waals surface area contributed by atoms with Crippen molar-refractivity contribution in [1.29, 1.82) is 0 Å². The minimum absolute atomic E-state index is 0.134. The van der Waals surface area contributed by atoms with Gasteiger partial charge >= 0.3 is 0 Å². The van der Waals surface area contributed by atoms with Crippen LogP contribution in [0.4, 0.5) is 5.69 Å². The van der Waals surface area contributed by atoms with Crippen LogP contribution in [0.5, 0.6) is 0 Å². The maximum absolute atomic E-state index is 10.7. The summed E-state index contributed by atoms with van der Waals surface area (Å²) in [5.41, 5.74) is 6.24. The van der Waals surface area contributed by atoms with E-state index in [2.05, 4.69) is 0 Å². The predicted octanol–water partition coefficient (Wildman–Crippen LogP) is 1.39. The van der Waals surface area contributed by atoms with Crippen molar-refractivity contribution >= 4 is 11.6 Å². The molecule has 0 aliphatic heterocycles. The fourth-order valence-corrected chi connectivity index (χ4v) is 1.35. The van der Waals surface area contributed by atoms with Gasteiger partial charge in [-0.05, 0) is 19.1 Å². The van der Waals surface area contributed by atoms with Gasteiger partial charge in [0.1, 0.15) is 0 Å². The van der Waals surface area contributed by atoms with Gasteiger partial charge in [0.2, 0.25) is 5.91 Å². The predicted molar refractivity (Wildman–Crippen MR) is 58.1 cm³/mol. The van der Waals surface area contributed by atoms with E-state index in [9.17, 15) is 4.79 Å². The van der Waals surface area contributed by atoms with Crippen LogP contribution in [0.1, 0.15) is 13.3 Å². The van der Waals surface area contributed by atoms with Crippen LogP contribution in [0, 0.1) is 0 Å². The molecule has 14 heavy (non-hydrogen) atoms. The number of carbonyl (C=O) groups is 1. The van der Waals surface area contributed by atoms with Gasteiger partial charge in [-0.1, -0.05) is 18.2 Å². The third-order valence-corrected chi connectivity index (χ3v) is 2.32. The summed E-state index contributed by atoms with van der Waals surface area (Å²) in [5.74, 6) is -0.264. The Morgan fingerprint density at radius 2 is 2.00 bits per heavy atom. The number of para-hydroxylation sites is 1. The van der Waals surface area contributed by atoms with E-state index in [4.69, 9.17) is 5.73 Å². The van der Waals surface area contributed by atoms with E-state index in [0.717, 1.165) is 5.69 Å². The summed E-state index contributed by atoms with van der Waals surface area (Å²) in [7, 11) is 1.96. The van der Waals surface area contributed by atoms with Crippen molar-refractivity contribution in [3.05, 3.63) is 30.3 Å². The number of nitrogens with zero attached hydrogens (tertiary/aromatic N) is 1. The Morgan fingerprint density at radius 1 is 1.43 bits per heavy atom. The normalized spacial score (nSPS) is 12.1. The molecular formula is C11H16N2O. The first-order chi connectivity index (χ1) is 6.61. The van der Waals surface area contributed by atoms with Crippen molar-refractivity contribution in [2.75, 3.05) is 11.9 Å². The zero-order chi connectivity index (χ0) is 10.6.